The van der Waals surface area contributed by atoms with E-state index in [-0.39, 0.29) is 0 Å². The molecule has 0 radical (unpaired) electrons. The van der Waals surface area contributed by atoms with Crippen LogP contribution >= 0.6 is 22.6 Å². The molecule has 0 aromatic carbocycles. The molecule has 0 unspecified atom stereocenters. The number of nitrogens with one attached hydrogen (secondary N) is 1. The summed E-state index contributed by atoms with van der Waals surface area (Å²) in [5.74, 6) is 0. The van der Waals surface area contributed by atoms with Crippen LogP contribution < -0.4 is 0 Å². The zero-order valence-electron chi connectivity index (χ0n) is 6.55. The van der Waals surface area contributed by atoms with E-state index in [0.717, 1.165) is 13.1 Å². The third-order valence-corrected chi connectivity index (χ3v) is 1.95. The van der Waals surface area contributed by atoms with E-state index < -0.39 is 0 Å². The Kier molecular flexibility index (Phi) is 3.85. The van der Waals surface area contributed by atoms with E-state index in [9.17, 15) is 0 Å². The highest BCUT2D eigenvalue weighted by Crippen LogP contribution is 1.97. The first-order valence-corrected chi connectivity index (χ1v) is 5.08. The molecule has 1 heterocycles. The van der Waals surface area contributed by atoms with Crippen molar-refractivity contribution in [3.05, 3.63) is 18.0 Å². The molecule has 1 rings (SSSR count). The van der Waals surface area contributed by atoms with E-state index in [0.29, 0.717) is 0 Å². The van der Waals surface area contributed by atoms with E-state index in [4.69, 9.17) is 0 Å². The number of alkyl halides is 1. The van der Waals surface area contributed by atoms with Crippen LogP contribution in [0, 0.1) is 0 Å². The maximum absolute atomic E-state index is 3.88. The SMILES string of the molecule is CN(CCI)Cc1ccn[nH]1. The molecule has 1 aromatic heterocycles. The van der Waals surface area contributed by atoms with E-state index in [2.05, 4.69) is 44.7 Å². The molecule has 3 nitrogen and oxygen atoms in total. The molecule has 0 amide bonds. The van der Waals surface area contributed by atoms with Gasteiger partial charge in [0, 0.05) is 29.4 Å². The van der Waals surface area contributed by atoms with Crippen LogP contribution in [0.5, 0.6) is 0 Å². The van der Waals surface area contributed by atoms with Gasteiger partial charge in [-0.3, -0.25) is 10.00 Å². The second-order valence-corrected chi connectivity index (χ2v) is 3.59. The normalized spacial score (nSPS) is 10.8. The number of H-pyrrole nitrogens is 1. The lowest BCUT2D eigenvalue weighted by Gasteiger charge is -2.12. The van der Waals surface area contributed by atoms with Crippen molar-refractivity contribution >= 4 is 22.6 Å². The van der Waals surface area contributed by atoms with Crippen LogP contribution in [0.4, 0.5) is 0 Å². The first-order valence-electron chi connectivity index (χ1n) is 3.55. The summed E-state index contributed by atoms with van der Waals surface area (Å²) in [6.45, 7) is 2.09. The van der Waals surface area contributed by atoms with Crippen molar-refractivity contribution in [1.82, 2.24) is 15.1 Å². The molecule has 11 heavy (non-hydrogen) atoms. The number of aromatic nitrogens is 2. The Bertz CT molecular complexity index is 186. The molecule has 0 spiro atoms. The molecular weight excluding hydrogens is 253 g/mol. The number of hydrogen-bond acceptors (Lipinski definition) is 2. The molecular formula is C7H12IN3. The summed E-state index contributed by atoms with van der Waals surface area (Å²) in [6, 6.07) is 2.00. The van der Waals surface area contributed by atoms with Crippen LogP contribution in [0.3, 0.4) is 0 Å². The van der Waals surface area contributed by atoms with Gasteiger partial charge in [0.15, 0.2) is 0 Å². The van der Waals surface area contributed by atoms with Crippen LogP contribution in [-0.4, -0.2) is 33.1 Å². The topological polar surface area (TPSA) is 31.9 Å². The molecule has 1 N–H and O–H groups in total. The zero-order valence-corrected chi connectivity index (χ0v) is 8.71. The molecule has 62 valence electrons. The number of halogens is 1. The van der Waals surface area contributed by atoms with Gasteiger partial charge in [-0.15, -0.1) is 0 Å². The molecule has 0 aliphatic rings. The molecule has 1 aromatic rings. The molecule has 0 saturated carbocycles. The Labute approximate surface area is 80.3 Å². The predicted octanol–water partition coefficient (Wildman–Crippen LogP) is 1.28. The van der Waals surface area contributed by atoms with Crippen LogP contribution in [0.2, 0.25) is 0 Å². The summed E-state index contributed by atoms with van der Waals surface area (Å²) < 4.78 is 1.17. The van der Waals surface area contributed by atoms with Crippen LogP contribution in [0.1, 0.15) is 5.69 Å². The van der Waals surface area contributed by atoms with Crippen LogP contribution in [-0.2, 0) is 6.54 Å². The van der Waals surface area contributed by atoms with Crippen molar-refractivity contribution < 1.29 is 0 Å². The van der Waals surface area contributed by atoms with Crippen molar-refractivity contribution in [3.63, 3.8) is 0 Å². The van der Waals surface area contributed by atoms with Crippen LogP contribution in [0.25, 0.3) is 0 Å². The Balaban J connectivity index is 2.31. The van der Waals surface area contributed by atoms with E-state index in [1.165, 1.54) is 10.1 Å². The largest absolute Gasteiger partial charge is 0.300 e. The standard InChI is InChI=1S/C7H12IN3/c1-11(5-3-8)6-7-2-4-9-10-7/h2,4H,3,5-6H2,1H3,(H,9,10). The summed E-state index contributed by atoms with van der Waals surface area (Å²) in [6.07, 6.45) is 1.78. The molecule has 0 fully saturated rings. The molecule has 0 saturated heterocycles. The average molecular weight is 265 g/mol. The van der Waals surface area contributed by atoms with Gasteiger partial charge in [0.2, 0.25) is 0 Å². The molecule has 0 aliphatic carbocycles. The highest BCUT2D eigenvalue weighted by atomic mass is 127. The van der Waals surface area contributed by atoms with E-state index in [1.54, 1.807) is 6.20 Å². The fourth-order valence-electron chi connectivity index (χ4n) is 0.887. The Hall–Kier alpha value is -0.100. The second-order valence-electron chi connectivity index (χ2n) is 2.51. The average Bonchev–Trinajstić information content (AvgIpc) is 2.40. The minimum atomic E-state index is 0.961. The van der Waals surface area contributed by atoms with Crippen molar-refractivity contribution in [1.29, 1.82) is 0 Å². The number of hydrogen-bond donors (Lipinski definition) is 1. The Morgan fingerprint density at radius 1 is 1.73 bits per heavy atom. The summed E-state index contributed by atoms with van der Waals surface area (Å²) >= 11 is 2.38. The Morgan fingerprint density at radius 2 is 2.55 bits per heavy atom. The van der Waals surface area contributed by atoms with Crippen LogP contribution in [0.15, 0.2) is 12.3 Å². The third-order valence-electron chi connectivity index (χ3n) is 1.46. The minimum Gasteiger partial charge on any atom is -0.300 e. The van der Waals surface area contributed by atoms with Gasteiger partial charge in [-0.25, -0.2) is 0 Å². The highest BCUT2D eigenvalue weighted by molar-refractivity contribution is 14.1. The number of rotatable bonds is 4. The highest BCUT2D eigenvalue weighted by Gasteiger charge is 1.98. The van der Waals surface area contributed by atoms with E-state index in [1.807, 2.05) is 6.07 Å². The lowest BCUT2D eigenvalue weighted by Crippen LogP contribution is -2.19. The molecule has 0 bridgehead atoms. The maximum Gasteiger partial charge on any atom is 0.0492 e. The summed E-state index contributed by atoms with van der Waals surface area (Å²) in [4.78, 5) is 2.26. The smallest absolute Gasteiger partial charge is 0.0492 e. The van der Waals surface area contributed by atoms with Gasteiger partial charge in [-0.05, 0) is 13.1 Å². The molecule has 0 aliphatic heterocycles. The summed E-state index contributed by atoms with van der Waals surface area (Å²) in [5, 5.41) is 6.81. The lowest BCUT2D eigenvalue weighted by molar-refractivity contribution is 0.346. The molecule has 4 heteroatoms. The van der Waals surface area contributed by atoms with Gasteiger partial charge in [0.05, 0.1) is 0 Å². The zero-order chi connectivity index (χ0) is 8.10. The third kappa shape index (κ3) is 3.20. The van der Waals surface area contributed by atoms with Crippen molar-refractivity contribution in [2.24, 2.45) is 0 Å². The number of nitrogens with zero attached hydrogens (tertiary/aromatic N) is 2. The predicted molar refractivity (Wildman–Crippen MR) is 53.8 cm³/mol. The maximum atomic E-state index is 3.88. The second kappa shape index (κ2) is 4.71. The molecule has 0 atom stereocenters. The fourth-order valence-corrected chi connectivity index (χ4v) is 1.71. The van der Waals surface area contributed by atoms with Crippen molar-refractivity contribution in [2.75, 3.05) is 18.0 Å². The lowest BCUT2D eigenvalue weighted by atomic mass is 10.4. The van der Waals surface area contributed by atoms with Gasteiger partial charge in [0.1, 0.15) is 0 Å². The van der Waals surface area contributed by atoms with Gasteiger partial charge in [-0.2, -0.15) is 5.10 Å². The minimum absolute atomic E-state index is 0.961. The van der Waals surface area contributed by atoms with E-state index >= 15 is 0 Å². The Morgan fingerprint density at radius 3 is 3.09 bits per heavy atom. The van der Waals surface area contributed by atoms with Gasteiger partial charge < -0.3 is 0 Å². The fraction of sp³-hybridized carbons (Fsp3) is 0.571. The summed E-state index contributed by atoms with van der Waals surface area (Å²) in [5.41, 5.74) is 1.18. The van der Waals surface area contributed by atoms with Gasteiger partial charge in [-0.1, -0.05) is 22.6 Å². The van der Waals surface area contributed by atoms with Crippen molar-refractivity contribution in [3.8, 4) is 0 Å². The van der Waals surface area contributed by atoms with Crippen molar-refractivity contribution in [2.45, 2.75) is 6.54 Å². The first kappa shape index (κ1) is 8.99. The summed E-state index contributed by atoms with van der Waals surface area (Å²) in [7, 11) is 2.11. The number of aromatic amines is 1. The first-order chi connectivity index (χ1) is 5.33. The monoisotopic (exact) mass is 265 g/mol. The van der Waals surface area contributed by atoms with Gasteiger partial charge >= 0.3 is 0 Å². The quantitative estimate of drug-likeness (QED) is 0.657. The van der Waals surface area contributed by atoms with Gasteiger partial charge in [0.25, 0.3) is 0 Å².